The normalized spacial score (nSPS) is 35.0. The Morgan fingerprint density at radius 1 is 1.20 bits per heavy atom. The van der Waals surface area contributed by atoms with Crippen molar-refractivity contribution in [1.82, 2.24) is 10.2 Å². The van der Waals surface area contributed by atoms with Gasteiger partial charge in [-0.05, 0) is 31.1 Å². The van der Waals surface area contributed by atoms with Crippen molar-refractivity contribution in [3.63, 3.8) is 0 Å². The van der Waals surface area contributed by atoms with Crippen LogP contribution < -0.4 is 5.32 Å². The van der Waals surface area contributed by atoms with Gasteiger partial charge >= 0.3 is 0 Å². The Bertz CT molecular complexity index is 330. The van der Waals surface area contributed by atoms with Gasteiger partial charge in [0.1, 0.15) is 0 Å². The molecule has 0 bridgehead atoms. The van der Waals surface area contributed by atoms with Gasteiger partial charge in [-0.25, -0.2) is 0 Å². The lowest BCUT2D eigenvalue weighted by Gasteiger charge is -2.41. The number of ether oxygens (including phenoxy) is 1. The lowest BCUT2D eigenvalue weighted by atomic mass is 9.85. The van der Waals surface area contributed by atoms with E-state index in [1.54, 1.807) is 0 Å². The Labute approximate surface area is 124 Å². The Kier molecular flexibility index (Phi) is 4.13. The molecule has 3 heteroatoms. The highest BCUT2D eigenvalue weighted by molar-refractivity contribution is 4.94. The molecule has 2 unspecified atom stereocenters. The molecule has 2 saturated heterocycles. The van der Waals surface area contributed by atoms with Crippen LogP contribution in [0, 0.1) is 5.41 Å². The monoisotopic (exact) mass is 280 g/mol. The molecule has 20 heavy (non-hydrogen) atoms. The molecule has 1 spiro atoms. The van der Waals surface area contributed by atoms with Gasteiger partial charge < -0.3 is 10.1 Å². The fourth-order valence-corrected chi connectivity index (χ4v) is 4.26. The molecular weight excluding hydrogens is 248 g/mol. The van der Waals surface area contributed by atoms with Crippen molar-refractivity contribution in [2.75, 3.05) is 26.2 Å². The number of nitrogens with one attached hydrogen (secondary N) is 1. The number of hydrogen-bond acceptors (Lipinski definition) is 3. The topological polar surface area (TPSA) is 24.5 Å². The van der Waals surface area contributed by atoms with Gasteiger partial charge in [0.2, 0.25) is 0 Å². The maximum atomic E-state index is 6.47. The third-order valence-electron chi connectivity index (χ3n) is 5.62. The second-order valence-corrected chi connectivity index (χ2v) is 8.30. The smallest absolute Gasteiger partial charge is 0.0710 e. The average Bonchev–Trinajstić information content (AvgIpc) is 3.00. The number of rotatable bonds is 2. The zero-order chi connectivity index (χ0) is 14.2. The van der Waals surface area contributed by atoms with Crippen LogP contribution in [-0.4, -0.2) is 48.8 Å². The zero-order valence-corrected chi connectivity index (χ0v) is 13.6. The van der Waals surface area contributed by atoms with E-state index in [9.17, 15) is 0 Å². The molecule has 0 amide bonds. The van der Waals surface area contributed by atoms with Crippen molar-refractivity contribution >= 4 is 0 Å². The van der Waals surface area contributed by atoms with E-state index < -0.39 is 0 Å². The van der Waals surface area contributed by atoms with Gasteiger partial charge in [0.25, 0.3) is 0 Å². The molecule has 2 atom stereocenters. The number of piperazine rings is 1. The predicted octanol–water partition coefficient (Wildman–Crippen LogP) is 2.80. The fourth-order valence-electron chi connectivity index (χ4n) is 4.26. The highest BCUT2D eigenvalue weighted by Crippen LogP contribution is 2.43. The maximum absolute atomic E-state index is 6.47. The Morgan fingerprint density at radius 3 is 2.65 bits per heavy atom. The van der Waals surface area contributed by atoms with Gasteiger partial charge in [-0.1, -0.05) is 33.6 Å². The first kappa shape index (κ1) is 14.8. The first-order valence-electron chi connectivity index (χ1n) is 8.60. The van der Waals surface area contributed by atoms with E-state index in [1.807, 2.05) is 0 Å². The van der Waals surface area contributed by atoms with E-state index in [0.29, 0.717) is 23.2 Å². The quantitative estimate of drug-likeness (QED) is 0.842. The van der Waals surface area contributed by atoms with Gasteiger partial charge in [-0.3, -0.25) is 4.90 Å². The summed E-state index contributed by atoms with van der Waals surface area (Å²) in [4.78, 5) is 2.63. The van der Waals surface area contributed by atoms with E-state index >= 15 is 0 Å². The first-order valence-corrected chi connectivity index (χ1v) is 8.60. The highest BCUT2D eigenvalue weighted by Gasteiger charge is 2.42. The van der Waals surface area contributed by atoms with Crippen LogP contribution in [0.5, 0.6) is 0 Å². The standard InChI is InChI=1S/C17H32N2O/c1-16(2,3)15-13-19(11-10-18-15)12-14-6-9-17(20-14)7-4-5-8-17/h14-15,18H,4-13H2,1-3H3. The van der Waals surface area contributed by atoms with Gasteiger partial charge in [-0.15, -0.1) is 0 Å². The summed E-state index contributed by atoms with van der Waals surface area (Å²) >= 11 is 0. The summed E-state index contributed by atoms with van der Waals surface area (Å²) in [6, 6.07) is 0.609. The Morgan fingerprint density at radius 2 is 1.95 bits per heavy atom. The molecule has 0 aromatic heterocycles. The van der Waals surface area contributed by atoms with Crippen LogP contribution in [0.4, 0.5) is 0 Å². The Hall–Kier alpha value is -0.120. The molecule has 0 radical (unpaired) electrons. The lowest BCUT2D eigenvalue weighted by molar-refractivity contribution is -0.0509. The summed E-state index contributed by atoms with van der Waals surface area (Å²) < 4.78 is 6.47. The van der Waals surface area contributed by atoms with Gasteiger partial charge in [-0.2, -0.15) is 0 Å². The van der Waals surface area contributed by atoms with Crippen LogP contribution in [-0.2, 0) is 4.74 Å². The van der Waals surface area contributed by atoms with Crippen LogP contribution in [0.3, 0.4) is 0 Å². The van der Waals surface area contributed by atoms with E-state index in [-0.39, 0.29) is 0 Å². The van der Waals surface area contributed by atoms with Crippen LogP contribution in [0.2, 0.25) is 0 Å². The summed E-state index contributed by atoms with van der Waals surface area (Å²) in [5.41, 5.74) is 0.643. The van der Waals surface area contributed by atoms with Crippen molar-refractivity contribution in [2.45, 2.75) is 77.0 Å². The maximum Gasteiger partial charge on any atom is 0.0710 e. The SMILES string of the molecule is CC(C)(C)C1CN(CC2CCC3(CCCC3)O2)CCN1. The van der Waals surface area contributed by atoms with Crippen molar-refractivity contribution in [3.8, 4) is 0 Å². The van der Waals surface area contributed by atoms with E-state index in [4.69, 9.17) is 4.74 Å². The van der Waals surface area contributed by atoms with Crippen LogP contribution >= 0.6 is 0 Å². The van der Waals surface area contributed by atoms with Crippen LogP contribution in [0.15, 0.2) is 0 Å². The molecular formula is C17H32N2O. The first-order chi connectivity index (χ1) is 9.47. The highest BCUT2D eigenvalue weighted by atomic mass is 16.5. The molecule has 1 N–H and O–H groups in total. The fraction of sp³-hybridized carbons (Fsp3) is 1.00. The molecule has 3 fully saturated rings. The second-order valence-electron chi connectivity index (χ2n) is 8.30. The van der Waals surface area contributed by atoms with Crippen LogP contribution in [0.1, 0.15) is 59.3 Å². The van der Waals surface area contributed by atoms with Gasteiger partial charge in [0, 0.05) is 32.2 Å². The summed E-state index contributed by atoms with van der Waals surface area (Å²) in [7, 11) is 0. The minimum atomic E-state index is 0.294. The van der Waals surface area contributed by atoms with E-state index in [1.165, 1.54) is 51.6 Å². The number of hydrogen-bond donors (Lipinski definition) is 1. The van der Waals surface area contributed by atoms with Crippen LogP contribution in [0.25, 0.3) is 0 Å². The molecule has 116 valence electrons. The van der Waals surface area contributed by atoms with Crippen molar-refractivity contribution in [1.29, 1.82) is 0 Å². The molecule has 3 aliphatic rings. The largest absolute Gasteiger partial charge is 0.370 e. The molecule has 1 saturated carbocycles. The molecule has 2 aliphatic heterocycles. The molecule has 3 rings (SSSR count). The minimum Gasteiger partial charge on any atom is -0.370 e. The van der Waals surface area contributed by atoms with Crippen molar-refractivity contribution < 1.29 is 4.74 Å². The van der Waals surface area contributed by atoms with Crippen molar-refractivity contribution in [3.05, 3.63) is 0 Å². The molecule has 0 aromatic carbocycles. The number of nitrogens with zero attached hydrogens (tertiary/aromatic N) is 1. The molecule has 2 heterocycles. The van der Waals surface area contributed by atoms with Gasteiger partial charge in [0.05, 0.1) is 11.7 Å². The summed E-state index contributed by atoms with van der Waals surface area (Å²) in [5.74, 6) is 0. The summed E-state index contributed by atoms with van der Waals surface area (Å²) in [6.45, 7) is 11.7. The molecule has 0 aromatic rings. The Balaban J connectivity index is 1.51. The summed E-state index contributed by atoms with van der Waals surface area (Å²) in [5, 5.41) is 3.68. The summed E-state index contributed by atoms with van der Waals surface area (Å²) in [6.07, 6.45) is 8.48. The lowest BCUT2D eigenvalue weighted by Crippen LogP contribution is -2.57. The predicted molar refractivity (Wildman–Crippen MR) is 83.0 cm³/mol. The molecule has 1 aliphatic carbocycles. The average molecular weight is 280 g/mol. The van der Waals surface area contributed by atoms with E-state index in [2.05, 4.69) is 31.0 Å². The second kappa shape index (κ2) is 5.58. The zero-order valence-electron chi connectivity index (χ0n) is 13.6. The van der Waals surface area contributed by atoms with Gasteiger partial charge in [0.15, 0.2) is 0 Å². The minimum absolute atomic E-state index is 0.294. The third-order valence-corrected chi connectivity index (χ3v) is 5.62. The van der Waals surface area contributed by atoms with Crippen molar-refractivity contribution in [2.24, 2.45) is 5.41 Å². The van der Waals surface area contributed by atoms with E-state index in [0.717, 1.165) is 13.1 Å². The molecule has 3 nitrogen and oxygen atoms in total. The third kappa shape index (κ3) is 3.20.